The van der Waals surface area contributed by atoms with Crippen molar-refractivity contribution in [3.8, 4) is 0 Å². The summed E-state index contributed by atoms with van der Waals surface area (Å²) in [6.07, 6.45) is 9.60. The number of carbonyl (C=O) groups is 2. The lowest BCUT2D eigenvalue weighted by Gasteiger charge is -2.56. The smallest absolute Gasteiger partial charge is 0.310 e. The maximum absolute atomic E-state index is 13.6. The third kappa shape index (κ3) is 2.86. The van der Waals surface area contributed by atoms with Crippen molar-refractivity contribution in [2.45, 2.75) is 71.3 Å². The molecule has 0 saturated heterocycles. The fourth-order valence-electron chi connectivity index (χ4n) is 6.12. The highest BCUT2D eigenvalue weighted by molar-refractivity contribution is 5.84. The molecule has 0 heterocycles. The third-order valence-electron chi connectivity index (χ3n) is 6.90. The van der Waals surface area contributed by atoms with Crippen LogP contribution in [0.4, 0.5) is 0 Å². The SMILES string of the molecule is CCOC(=O)C(C)CN(C(=O)C12CC3CC(CC(C3)C1)C2)C1CC1. The summed E-state index contributed by atoms with van der Waals surface area (Å²) in [5, 5.41) is 0. The molecule has 4 heteroatoms. The molecular formula is C20H31NO3. The van der Waals surface area contributed by atoms with E-state index >= 15 is 0 Å². The number of ether oxygens (including phenoxy) is 1. The first-order valence-electron chi connectivity index (χ1n) is 9.98. The molecule has 0 aromatic rings. The van der Waals surface area contributed by atoms with Crippen molar-refractivity contribution in [1.29, 1.82) is 0 Å². The van der Waals surface area contributed by atoms with Crippen LogP contribution in [0.5, 0.6) is 0 Å². The fourth-order valence-corrected chi connectivity index (χ4v) is 6.12. The largest absolute Gasteiger partial charge is 0.466 e. The first-order valence-corrected chi connectivity index (χ1v) is 9.98. The number of esters is 1. The minimum absolute atomic E-state index is 0.0915. The lowest BCUT2D eigenvalue weighted by Crippen LogP contribution is -2.55. The van der Waals surface area contributed by atoms with Gasteiger partial charge in [0.05, 0.1) is 17.9 Å². The van der Waals surface area contributed by atoms with Gasteiger partial charge in [0.25, 0.3) is 0 Å². The van der Waals surface area contributed by atoms with E-state index < -0.39 is 0 Å². The van der Waals surface area contributed by atoms with Crippen LogP contribution in [0, 0.1) is 29.1 Å². The highest BCUT2D eigenvalue weighted by atomic mass is 16.5. The Hall–Kier alpha value is -1.06. The number of nitrogens with zero attached hydrogens (tertiary/aromatic N) is 1. The highest BCUT2D eigenvalue weighted by Crippen LogP contribution is 2.61. The minimum atomic E-state index is -0.219. The van der Waals surface area contributed by atoms with E-state index in [2.05, 4.69) is 4.90 Å². The summed E-state index contributed by atoms with van der Waals surface area (Å²) >= 11 is 0. The molecule has 0 N–H and O–H groups in total. The number of hydrogen-bond donors (Lipinski definition) is 0. The molecule has 134 valence electrons. The van der Waals surface area contributed by atoms with Crippen LogP contribution in [0.2, 0.25) is 0 Å². The van der Waals surface area contributed by atoms with Crippen LogP contribution in [-0.4, -0.2) is 36.0 Å². The molecule has 0 radical (unpaired) electrons. The second-order valence-electron chi connectivity index (χ2n) is 9.04. The summed E-state index contributed by atoms with van der Waals surface area (Å²) in [4.78, 5) is 27.7. The molecule has 0 aromatic carbocycles. The van der Waals surface area contributed by atoms with Crippen LogP contribution in [0.3, 0.4) is 0 Å². The van der Waals surface area contributed by atoms with Gasteiger partial charge in [0.15, 0.2) is 0 Å². The van der Waals surface area contributed by atoms with E-state index in [4.69, 9.17) is 4.74 Å². The van der Waals surface area contributed by atoms with Crippen molar-refractivity contribution in [3.05, 3.63) is 0 Å². The summed E-state index contributed by atoms with van der Waals surface area (Å²) in [6.45, 7) is 4.70. The molecule has 4 nitrogen and oxygen atoms in total. The average Bonchev–Trinajstić information content (AvgIpc) is 3.35. The van der Waals surface area contributed by atoms with Crippen LogP contribution < -0.4 is 0 Å². The maximum Gasteiger partial charge on any atom is 0.310 e. The van der Waals surface area contributed by atoms with Crippen LogP contribution in [-0.2, 0) is 14.3 Å². The quantitative estimate of drug-likeness (QED) is 0.700. The van der Waals surface area contributed by atoms with Gasteiger partial charge in [0, 0.05) is 12.6 Å². The third-order valence-corrected chi connectivity index (χ3v) is 6.90. The first kappa shape index (κ1) is 16.4. The van der Waals surface area contributed by atoms with E-state index in [1.54, 1.807) is 0 Å². The number of hydrogen-bond acceptors (Lipinski definition) is 3. The zero-order valence-corrected chi connectivity index (χ0v) is 15.1. The van der Waals surface area contributed by atoms with Crippen molar-refractivity contribution < 1.29 is 14.3 Å². The highest BCUT2D eigenvalue weighted by Gasteiger charge is 2.56. The zero-order chi connectivity index (χ0) is 16.9. The normalized spacial score (nSPS) is 38.0. The monoisotopic (exact) mass is 333 g/mol. The number of carbonyl (C=O) groups excluding carboxylic acids is 2. The molecule has 1 amide bonds. The molecule has 1 atom stereocenters. The molecule has 4 bridgehead atoms. The van der Waals surface area contributed by atoms with Crippen molar-refractivity contribution in [1.82, 2.24) is 4.90 Å². The Morgan fingerprint density at radius 2 is 1.62 bits per heavy atom. The van der Waals surface area contributed by atoms with Crippen LogP contribution in [0.25, 0.3) is 0 Å². The fraction of sp³-hybridized carbons (Fsp3) is 0.900. The van der Waals surface area contributed by atoms with Gasteiger partial charge in [-0.3, -0.25) is 9.59 Å². The molecule has 0 aliphatic heterocycles. The molecule has 5 aliphatic carbocycles. The molecule has 24 heavy (non-hydrogen) atoms. The van der Waals surface area contributed by atoms with Gasteiger partial charge >= 0.3 is 5.97 Å². The number of rotatable bonds is 6. The second-order valence-corrected chi connectivity index (χ2v) is 9.04. The molecule has 5 aliphatic rings. The Morgan fingerprint density at radius 3 is 2.08 bits per heavy atom. The van der Waals surface area contributed by atoms with E-state index in [1.807, 2.05) is 13.8 Å². The van der Waals surface area contributed by atoms with Gasteiger partial charge in [-0.25, -0.2) is 0 Å². The second kappa shape index (κ2) is 6.03. The van der Waals surface area contributed by atoms with Crippen LogP contribution >= 0.6 is 0 Å². The number of amides is 1. The Balaban J connectivity index is 1.49. The van der Waals surface area contributed by atoms with Gasteiger partial charge in [0.2, 0.25) is 5.91 Å². The molecule has 1 unspecified atom stereocenters. The van der Waals surface area contributed by atoms with E-state index in [1.165, 1.54) is 19.3 Å². The van der Waals surface area contributed by atoms with Gasteiger partial charge in [0.1, 0.15) is 0 Å². The van der Waals surface area contributed by atoms with E-state index in [0.29, 0.717) is 25.1 Å². The standard InChI is InChI=1S/C20H31NO3/c1-3-24-18(22)13(2)12-21(17-4-5-17)19(23)20-9-14-6-15(10-20)8-16(7-14)11-20/h13-17H,3-12H2,1-2H3. The Bertz CT molecular complexity index is 490. The Morgan fingerprint density at radius 1 is 1.08 bits per heavy atom. The molecule has 5 rings (SSSR count). The summed E-state index contributed by atoms with van der Waals surface area (Å²) in [6, 6.07) is 0.377. The first-order chi connectivity index (χ1) is 11.5. The zero-order valence-electron chi connectivity index (χ0n) is 15.1. The average molecular weight is 333 g/mol. The summed E-state index contributed by atoms with van der Waals surface area (Å²) in [5.41, 5.74) is -0.0915. The lowest BCUT2D eigenvalue weighted by molar-refractivity contribution is -0.160. The predicted octanol–water partition coefficient (Wildman–Crippen LogP) is 3.39. The summed E-state index contributed by atoms with van der Waals surface area (Å²) in [7, 11) is 0. The summed E-state index contributed by atoms with van der Waals surface area (Å²) < 4.78 is 5.16. The van der Waals surface area contributed by atoms with Gasteiger partial charge in [-0.2, -0.15) is 0 Å². The van der Waals surface area contributed by atoms with Gasteiger partial charge < -0.3 is 9.64 Å². The van der Waals surface area contributed by atoms with Crippen molar-refractivity contribution in [2.75, 3.05) is 13.2 Å². The Labute approximate surface area is 145 Å². The Kier molecular flexibility index (Phi) is 4.12. The van der Waals surface area contributed by atoms with Crippen LogP contribution in [0.15, 0.2) is 0 Å². The molecule has 5 fully saturated rings. The van der Waals surface area contributed by atoms with Gasteiger partial charge in [-0.1, -0.05) is 6.92 Å². The van der Waals surface area contributed by atoms with E-state index in [0.717, 1.165) is 49.9 Å². The van der Waals surface area contributed by atoms with Crippen molar-refractivity contribution >= 4 is 11.9 Å². The van der Waals surface area contributed by atoms with Crippen LogP contribution in [0.1, 0.15) is 65.2 Å². The van der Waals surface area contributed by atoms with Gasteiger partial charge in [-0.15, -0.1) is 0 Å². The molecule has 0 spiro atoms. The molecular weight excluding hydrogens is 302 g/mol. The maximum atomic E-state index is 13.6. The minimum Gasteiger partial charge on any atom is -0.466 e. The van der Waals surface area contributed by atoms with E-state index in [9.17, 15) is 9.59 Å². The topological polar surface area (TPSA) is 46.6 Å². The van der Waals surface area contributed by atoms with Gasteiger partial charge in [-0.05, 0) is 76.0 Å². The summed E-state index contributed by atoms with van der Waals surface area (Å²) in [5.74, 6) is 2.33. The molecule has 0 aromatic heterocycles. The van der Waals surface area contributed by atoms with Crippen molar-refractivity contribution in [2.24, 2.45) is 29.1 Å². The predicted molar refractivity (Wildman–Crippen MR) is 91.1 cm³/mol. The lowest BCUT2D eigenvalue weighted by atomic mass is 9.49. The van der Waals surface area contributed by atoms with E-state index in [-0.39, 0.29) is 17.3 Å². The molecule has 5 saturated carbocycles. The van der Waals surface area contributed by atoms with Crippen molar-refractivity contribution in [3.63, 3.8) is 0 Å².